The van der Waals surface area contributed by atoms with E-state index in [-0.39, 0.29) is 11.3 Å². The van der Waals surface area contributed by atoms with Crippen molar-refractivity contribution >= 4 is 39.0 Å². The van der Waals surface area contributed by atoms with Gasteiger partial charge in [-0.25, -0.2) is 0 Å². The molecule has 0 aliphatic rings. The highest BCUT2D eigenvalue weighted by molar-refractivity contribution is 9.11. The molecule has 0 saturated heterocycles. The van der Waals surface area contributed by atoms with Gasteiger partial charge in [-0.15, -0.1) is 21.5 Å². The van der Waals surface area contributed by atoms with Crippen LogP contribution in [0.5, 0.6) is 0 Å². The van der Waals surface area contributed by atoms with E-state index in [0.717, 1.165) is 21.2 Å². The number of nitrogens with two attached hydrogens (primary N) is 1. The average Bonchev–Trinajstić information content (AvgIpc) is 2.95. The predicted molar refractivity (Wildman–Crippen MR) is 84.6 cm³/mol. The van der Waals surface area contributed by atoms with E-state index in [1.807, 2.05) is 18.5 Å². The van der Waals surface area contributed by atoms with Crippen LogP contribution in [0.4, 0.5) is 0 Å². The Labute approximate surface area is 129 Å². The van der Waals surface area contributed by atoms with Gasteiger partial charge in [-0.05, 0) is 41.4 Å². The van der Waals surface area contributed by atoms with Crippen molar-refractivity contribution < 1.29 is 0 Å². The Morgan fingerprint density at radius 1 is 1.47 bits per heavy atom. The highest BCUT2D eigenvalue weighted by Crippen LogP contribution is 2.41. The molecule has 2 atom stereocenters. The summed E-state index contributed by atoms with van der Waals surface area (Å²) >= 11 is 6.93. The lowest BCUT2D eigenvalue weighted by Gasteiger charge is -2.20. The Kier molecular flexibility index (Phi) is 5.05. The molecule has 0 bridgehead atoms. The first-order chi connectivity index (χ1) is 9.02. The zero-order valence-electron chi connectivity index (χ0n) is 11.1. The van der Waals surface area contributed by atoms with E-state index < -0.39 is 0 Å². The average molecular weight is 361 g/mol. The molecule has 0 radical (unpaired) electrons. The molecule has 2 N–H and O–H groups in total. The van der Waals surface area contributed by atoms with Gasteiger partial charge in [0.1, 0.15) is 5.82 Å². The van der Waals surface area contributed by atoms with Gasteiger partial charge in [-0.1, -0.05) is 18.7 Å². The molecule has 0 amide bonds. The van der Waals surface area contributed by atoms with E-state index in [1.54, 1.807) is 23.1 Å². The van der Waals surface area contributed by atoms with Crippen LogP contribution in [0.15, 0.2) is 21.1 Å². The minimum Gasteiger partial charge on any atom is -0.326 e. The van der Waals surface area contributed by atoms with Gasteiger partial charge in [-0.3, -0.25) is 0 Å². The van der Waals surface area contributed by atoms with Crippen LogP contribution in [-0.2, 0) is 7.05 Å². The minimum absolute atomic E-state index is 0.104. The smallest absolute Gasteiger partial charge is 0.191 e. The summed E-state index contributed by atoms with van der Waals surface area (Å²) < 4.78 is 3.13. The van der Waals surface area contributed by atoms with E-state index in [4.69, 9.17) is 5.73 Å². The lowest BCUT2D eigenvalue weighted by Crippen LogP contribution is -2.25. The molecule has 0 aromatic carbocycles. The molecule has 2 aromatic rings. The fraction of sp³-hybridized carbons (Fsp3) is 0.500. The zero-order valence-corrected chi connectivity index (χ0v) is 14.3. The summed E-state index contributed by atoms with van der Waals surface area (Å²) in [5, 5.41) is 9.44. The van der Waals surface area contributed by atoms with Gasteiger partial charge in [0, 0.05) is 18.0 Å². The molecule has 0 aliphatic heterocycles. The molecule has 2 aromatic heterocycles. The normalized spacial score (nSPS) is 14.6. The van der Waals surface area contributed by atoms with Crippen LogP contribution in [0.3, 0.4) is 0 Å². The molecule has 0 spiro atoms. The fourth-order valence-corrected chi connectivity index (χ4v) is 4.59. The second kappa shape index (κ2) is 6.39. The SMILES string of the molecule is CCC(N)C(Sc1nnc(C)n1C)c1ccc(Br)s1. The summed E-state index contributed by atoms with van der Waals surface area (Å²) in [5.41, 5.74) is 6.28. The molecule has 2 heterocycles. The van der Waals surface area contributed by atoms with Gasteiger partial charge in [0.15, 0.2) is 5.16 Å². The third-order valence-electron chi connectivity index (χ3n) is 3.02. The number of aromatic nitrogens is 3. The largest absolute Gasteiger partial charge is 0.326 e. The Morgan fingerprint density at radius 2 is 2.21 bits per heavy atom. The second-order valence-electron chi connectivity index (χ2n) is 4.34. The zero-order chi connectivity index (χ0) is 14.0. The topological polar surface area (TPSA) is 56.7 Å². The third-order valence-corrected chi connectivity index (χ3v) is 6.30. The first kappa shape index (κ1) is 15.0. The monoisotopic (exact) mass is 360 g/mol. The van der Waals surface area contributed by atoms with Gasteiger partial charge >= 0.3 is 0 Å². The summed E-state index contributed by atoms with van der Waals surface area (Å²) in [6.07, 6.45) is 0.935. The van der Waals surface area contributed by atoms with Crippen LogP contribution in [0, 0.1) is 6.92 Å². The molecule has 104 valence electrons. The maximum atomic E-state index is 6.28. The molecule has 4 nitrogen and oxygen atoms in total. The van der Waals surface area contributed by atoms with Crippen LogP contribution in [0.1, 0.15) is 29.3 Å². The van der Waals surface area contributed by atoms with Crippen molar-refractivity contribution in [1.29, 1.82) is 0 Å². The van der Waals surface area contributed by atoms with Crippen LogP contribution in [0.25, 0.3) is 0 Å². The van der Waals surface area contributed by atoms with Gasteiger partial charge in [0.2, 0.25) is 0 Å². The lowest BCUT2D eigenvalue weighted by molar-refractivity contribution is 0.635. The van der Waals surface area contributed by atoms with E-state index in [2.05, 4.69) is 45.2 Å². The number of hydrogen-bond donors (Lipinski definition) is 1. The van der Waals surface area contributed by atoms with Gasteiger partial charge in [-0.2, -0.15) is 0 Å². The molecule has 0 fully saturated rings. The van der Waals surface area contributed by atoms with Crippen molar-refractivity contribution in [3.63, 3.8) is 0 Å². The van der Waals surface area contributed by atoms with Gasteiger partial charge < -0.3 is 10.3 Å². The Morgan fingerprint density at radius 3 is 2.68 bits per heavy atom. The molecular formula is C12H17BrN4S2. The number of halogens is 1. The first-order valence-electron chi connectivity index (χ1n) is 6.06. The van der Waals surface area contributed by atoms with Crippen molar-refractivity contribution in [3.05, 3.63) is 26.6 Å². The molecule has 2 rings (SSSR count). The van der Waals surface area contributed by atoms with Crippen molar-refractivity contribution in [1.82, 2.24) is 14.8 Å². The number of aryl methyl sites for hydroxylation is 1. The molecular weight excluding hydrogens is 344 g/mol. The van der Waals surface area contributed by atoms with Gasteiger partial charge in [0.05, 0.1) is 9.04 Å². The predicted octanol–water partition coefficient (Wildman–Crippen LogP) is 3.52. The van der Waals surface area contributed by atoms with Crippen molar-refractivity contribution in [2.75, 3.05) is 0 Å². The van der Waals surface area contributed by atoms with Crippen molar-refractivity contribution in [3.8, 4) is 0 Å². The second-order valence-corrected chi connectivity index (χ2v) is 7.94. The highest BCUT2D eigenvalue weighted by atomic mass is 79.9. The van der Waals surface area contributed by atoms with E-state index >= 15 is 0 Å². The van der Waals surface area contributed by atoms with Gasteiger partial charge in [0.25, 0.3) is 0 Å². The standard InChI is InChI=1S/C12H17BrN4S2/c1-4-8(14)11(9-5-6-10(13)18-9)19-12-16-15-7(2)17(12)3/h5-6,8,11H,4,14H2,1-3H3. The molecule has 2 unspecified atom stereocenters. The number of thiophene rings is 1. The fourth-order valence-electron chi connectivity index (χ4n) is 1.66. The number of hydrogen-bond acceptors (Lipinski definition) is 5. The Balaban J connectivity index is 2.26. The number of rotatable bonds is 5. The summed E-state index contributed by atoms with van der Waals surface area (Å²) in [5.74, 6) is 0.915. The van der Waals surface area contributed by atoms with Crippen LogP contribution < -0.4 is 5.73 Å². The Bertz CT molecular complexity index is 552. The molecule has 0 aliphatic carbocycles. The minimum atomic E-state index is 0.104. The summed E-state index contributed by atoms with van der Waals surface area (Å²) in [6, 6.07) is 4.30. The van der Waals surface area contributed by atoms with E-state index in [1.165, 1.54) is 4.88 Å². The van der Waals surface area contributed by atoms with E-state index in [0.29, 0.717) is 0 Å². The summed E-state index contributed by atoms with van der Waals surface area (Å²) in [7, 11) is 1.98. The van der Waals surface area contributed by atoms with Crippen molar-refractivity contribution in [2.45, 2.75) is 36.7 Å². The van der Waals surface area contributed by atoms with Crippen LogP contribution >= 0.6 is 39.0 Å². The van der Waals surface area contributed by atoms with Crippen molar-refractivity contribution in [2.24, 2.45) is 12.8 Å². The number of nitrogens with zero attached hydrogens (tertiary/aromatic N) is 3. The summed E-state index contributed by atoms with van der Waals surface area (Å²) in [6.45, 7) is 4.07. The van der Waals surface area contributed by atoms with E-state index in [9.17, 15) is 0 Å². The quantitative estimate of drug-likeness (QED) is 0.828. The first-order valence-corrected chi connectivity index (χ1v) is 8.55. The third kappa shape index (κ3) is 3.39. The molecule has 19 heavy (non-hydrogen) atoms. The maximum Gasteiger partial charge on any atom is 0.191 e. The number of thioether (sulfide) groups is 1. The highest BCUT2D eigenvalue weighted by Gasteiger charge is 2.24. The lowest BCUT2D eigenvalue weighted by atomic mass is 10.1. The Hall–Kier alpha value is -0.370. The summed E-state index contributed by atoms with van der Waals surface area (Å²) in [4.78, 5) is 1.27. The van der Waals surface area contributed by atoms with Crippen LogP contribution in [-0.4, -0.2) is 20.8 Å². The molecule has 7 heteroatoms. The maximum absolute atomic E-state index is 6.28. The van der Waals surface area contributed by atoms with Crippen LogP contribution in [0.2, 0.25) is 0 Å². The molecule has 0 saturated carbocycles.